The number of aliphatic imine (C=N–C) groups is 1. The van der Waals surface area contributed by atoms with Gasteiger partial charge in [0, 0.05) is 69.3 Å². The third kappa shape index (κ3) is 4.07. The first-order valence-corrected chi connectivity index (χ1v) is 11.7. The second-order valence-electron chi connectivity index (χ2n) is 9.44. The molecule has 8 heteroatoms. The van der Waals surface area contributed by atoms with Crippen molar-refractivity contribution in [3.05, 3.63) is 23.8 Å². The van der Waals surface area contributed by atoms with E-state index in [1.54, 1.807) is 14.2 Å². The monoisotopic (exact) mass is 556 g/mol. The molecule has 1 spiro atoms. The maximum absolute atomic E-state index is 6.09. The first kappa shape index (κ1) is 23.9. The molecule has 3 atom stereocenters. The lowest BCUT2D eigenvalue weighted by Gasteiger charge is -2.63. The van der Waals surface area contributed by atoms with Crippen LogP contribution in [0.1, 0.15) is 31.2 Å². The van der Waals surface area contributed by atoms with Crippen molar-refractivity contribution in [3.63, 3.8) is 0 Å². The smallest absolute Gasteiger partial charge is 0.193 e. The van der Waals surface area contributed by atoms with E-state index in [1.807, 2.05) is 19.2 Å². The summed E-state index contributed by atoms with van der Waals surface area (Å²) in [6.07, 6.45) is 5.64. The predicted molar refractivity (Wildman–Crippen MR) is 136 cm³/mol. The van der Waals surface area contributed by atoms with Gasteiger partial charge in [-0.15, -0.1) is 24.0 Å². The van der Waals surface area contributed by atoms with Gasteiger partial charge in [0.15, 0.2) is 5.96 Å². The average Bonchev–Trinajstić information content (AvgIpc) is 3.19. The summed E-state index contributed by atoms with van der Waals surface area (Å²) in [5.74, 6) is 3.53. The Bertz CT molecular complexity index is 823. The Balaban J connectivity index is 0.00000245. The van der Waals surface area contributed by atoms with Crippen LogP contribution in [-0.2, 0) is 11.3 Å². The van der Waals surface area contributed by atoms with Crippen molar-refractivity contribution in [1.29, 1.82) is 0 Å². The van der Waals surface area contributed by atoms with E-state index in [-0.39, 0.29) is 24.0 Å². The Kier molecular flexibility index (Phi) is 7.41. The normalized spacial score (nSPS) is 28.9. The molecule has 0 amide bonds. The zero-order valence-electron chi connectivity index (χ0n) is 19.5. The van der Waals surface area contributed by atoms with Crippen LogP contribution in [0.2, 0.25) is 0 Å². The summed E-state index contributed by atoms with van der Waals surface area (Å²) in [6, 6.07) is 6.56. The highest BCUT2D eigenvalue weighted by Gasteiger charge is 2.66. The van der Waals surface area contributed by atoms with Crippen LogP contribution >= 0.6 is 24.0 Å². The predicted octanol–water partition coefficient (Wildman–Crippen LogP) is 2.97. The van der Waals surface area contributed by atoms with E-state index in [0.717, 1.165) is 56.8 Å². The number of piperazine rings is 1. The Labute approximate surface area is 208 Å². The summed E-state index contributed by atoms with van der Waals surface area (Å²) in [7, 11) is 5.36. The molecule has 5 rings (SSSR count). The van der Waals surface area contributed by atoms with E-state index in [0.29, 0.717) is 23.5 Å². The van der Waals surface area contributed by atoms with Gasteiger partial charge in [0.05, 0.1) is 20.3 Å². The van der Waals surface area contributed by atoms with Crippen molar-refractivity contribution in [1.82, 2.24) is 15.1 Å². The highest BCUT2D eigenvalue weighted by atomic mass is 127. The molecule has 3 unspecified atom stereocenters. The Morgan fingerprint density at radius 2 is 1.97 bits per heavy atom. The number of guanidine groups is 1. The van der Waals surface area contributed by atoms with E-state index in [1.165, 1.54) is 31.2 Å². The van der Waals surface area contributed by atoms with Crippen molar-refractivity contribution in [2.75, 3.05) is 54.1 Å². The number of methoxy groups -OCH3 is 2. The van der Waals surface area contributed by atoms with E-state index in [9.17, 15) is 0 Å². The first-order chi connectivity index (χ1) is 15.2. The van der Waals surface area contributed by atoms with Crippen LogP contribution in [0.3, 0.4) is 0 Å². The van der Waals surface area contributed by atoms with Crippen LogP contribution in [0.5, 0.6) is 11.5 Å². The van der Waals surface area contributed by atoms with E-state index >= 15 is 0 Å². The lowest BCUT2D eigenvalue weighted by molar-refractivity contribution is -0.171. The van der Waals surface area contributed by atoms with Crippen LogP contribution < -0.4 is 14.8 Å². The molecular formula is C24H37IN4O3. The van der Waals surface area contributed by atoms with E-state index in [4.69, 9.17) is 14.2 Å². The second kappa shape index (κ2) is 9.93. The molecule has 2 saturated heterocycles. The lowest BCUT2D eigenvalue weighted by Crippen LogP contribution is -2.73. The molecule has 4 fully saturated rings. The lowest BCUT2D eigenvalue weighted by atomic mass is 9.46. The zero-order valence-corrected chi connectivity index (χ0v) is 21.8. The molecule has 178 valence electrons. The fourth-order valence-corrected chi connectivity index (χ4v) is 6.26. The number of fused-ring (bicyclic) bond motifs is 2. The van der Waals surface area contributed by atoms with Gasteiger partial charge >= 0.3 is 0 Å². The molecule has 2 saturated carbocycles. The van der Waals surface area contributed by atoms with Crippen LogP contribution in [-0.4, -0.2) is 82.0 Å². The molecule has 2 aliphatic heterocycles. The summed E-state index contributed by atoms with van der Waals surface area (Å²) >= 11 is 0. The quantitative estimate of drug-likeness (QED) is 0.342. The molecule has 7 nitrogen and oxygen atoms in total. The molecule has 1 aromatic rings. The molecule has 32 heavy (non-hydrogen) atoms. The van der Waals surface area contributed by atoms with E-state index in [2.05, 4.69) is 26.2 Å². The Hall–Kier alpha value is -1.26. The maximum Gasteiger partial charge on any atom is 0.193 e. The van der Waals surface area contributed by atoms with Crippen LogP contribution in [0.15, 0.2) is 23.2 Å². The highest BCUT2D eigenvalue weighted by molar-refractivity contribution is 14.0. The summed E-state index contributed by atoms with van der Waals surface area (Å²) in [6.45, 7) is 5.78. The minimum Gasteiger partial charge on any atom is -0.497 e. The van der Waals surface area contributed by atoms with Gasteiger partial charge in [-0.25, -0.2) is 0 Å². The number of ether oxygens (including phenoxy) is 3. The van der Waals surface area contributed by atoms with Gasteiger partial charge < -0.3 is 24.4 Å². The molecule has 4 aliphatic rings. The molecule has 2 heterocycles. The average molecular weight is 556 g/mol. The van der Waals surface area contributed by atoms with Crippen molar-refractivity contribution < 1.29 is 14.2 Å². The number of halogens is 1. The van der Waals surface area contributed by atoms with Gasteiger partial charge in [0.2, 0.25) is 0 Å². The number of benzene rings is 1. The van der Waals surface area contributed by atoms with Gasteiger partial charge in [-0.3, -0.25) is 9.89 Å². The first-order valence-electron chi connectivity index (χ1n) is 11.7. The maximum atomic E-state index is 6.09. The molecular weight excluding hydrogens is 519 g/mol. The summed E-state index contributed by atoms with van der Waals surface area (Å²) < 4.78 is 17.1. The van der Waals surface area contributed by atoms with Gasteiger partial charge in [-0.2, -0.15) is 0 Å². The minimum atomic E-state index is 0. The van der Waals surface area contributed by atoms with Gasteiger partial charge in [-0.1, -0.05) is 6.42 Å². The van der Waals surface area contributed by atoms with Crippen LogP contribution in [0.25, 0.3) is 0 Å². The van der Waals surface area contributed by atoms with E-state index < -0.39 is 0 Å². The number of rotatable bonds is 5. The Morgan fingerprint density at radius 3 is 2.59 bits per heavy atom. The van der Waals surface area contributed by atoms with Crippen molar-refractivity contribution >= 4 is 29.9 Å². The SMILES string of the molecule is CN=C(NC1C2CCOC2C12CCC2)N1CCN(Cc2cc(OC)ccc2OC)CC1.I. The minimum absolute atomic E-state index is 0. The number of nitrogens with zero attached hydrogens (tertiary/aromatic N) is 3. The fourth-order valence-electron chi connectivity index (χ4n) is 6.26. The topological polar surface area (TPSA) is 58.6 Å². The molecule has 2 aliphatic carbocycles. The molecule has 1 N–H and O–H groups in total. The number of hydrogen-bond acceptors (Lipinski definition) is 5. The van der Waals surface area contributed by atoms with Crippen molar-refractivity contribution in [3.8, 4) is 11.5 Å². The largest absolute Gasteiger partial charge is 0.497 e. The van der Waals surface area contributed by atoms with Gasteiger partial charge in [0.1, 0.15) is 11.5 Å². The number of hydrogen-bond donors (Lipinski definition) is 1. The van der Waals surface area contributed by atoms with Crippen molar-refractivity contribution in [2.24, 2.45) is 16.3 Å². The third-order valence-corrected chi connectivity index (χ3v) is 8.09. The zero-order chi connectivity index (χ0) is 21.4. The van der Waals surface area contributed by atoms with Crippen LogP contribution in [0, 0.1) is 11.3 Å². The molecule has 0 bridgehead atoms. The third-order valence-electron chi connectivity index (χ3n) is 8.09. The van der Waals surface area contributed by atoms with Gasteiger partial charge in [-0.05, 0) is 37.5 Å². The second-order valence-corrected chi connectivity index (χ2v) is 9.44. The molecule has 0 radical (unpaired) electrons. The summed E-state index contributed by atoms with van der Waals surface area (Å²) in [5, 5.41) is 3.88. The summed E-state index contributed by atoms with van der Waals surface area (Å²) in [5.41, 5.74) is 1.55. The highest BCUT2D eigenvalue weighted by Crippen LogP contribution is 2.62. The van der Waals surface area contributed by atoms with Crippen LogP contribution in [0.4, 0.5) is 0 Å². The van der Waals surface area contributed by atoms with Crippen molar-refractivity contribution in [2.45, 2.75) is 44.4 Å². The summed E-state index contributed by atoms with van der Waals surface area (Å²) in [4.78, 5) is 9.58. The number of nitrogens with one attached hydrogen (secondary N) is 1. The fraction of sp³-hybridized carbons (Fsp3) is 0.708. The molecule has 1 aromatic carbocycles. The molecule has 0 aromatic heterocycles. The Morgan fingerprint density at radius 1 is 1.19 bits per heavy atom. The van der Waals surface area contributed by atoms with Gasteiger partial charge in [0.25, 0.3) is 0 Å². The standard InChI is InChI=1S/C24H36N4O3.HI/c1-25-23(26-21-19-7-14-31-22(19)24(21)8-4-9-24)28-12-10-27(11-13-28)16-17-15-18(29-2)5-6-20(17)30-3;/h5-6,15,19,21-22H,4,7-14,16H2,1-3H3,(H,25,26);1H.